The summed E-state index contributed by atoms with van der Waals surface area (Å²) in [5.74, 6) is 0.536. The van der Waals surface area contributed by atoms with E-state index in [0.717, 1.165) is 24.1 Å². The molecule has 138 valence electrons. The lowest BCUT2D eigenvalue weighted by molar-refractivity contribution is 0.305. The van der Waals surface area contributed by atoms with E-state index >= 15 is 0 Å². The van der Waals surface area contributed by atoms with Gasteiger partial charge in [-0.15, -0.1) is 0 Å². The van der Waals surface area contributed by atoms with Crippen LogP contribution in [0.25, 0.3) is 11.4 Å². The molecule has 0 spiro atoms. The SMILES string of the molecule is CN(C)S(=O)(=O)N1[C@@H]2CC[C@H]1Cc1nc(-c3ccccc3)[nH]c(=O)c1C2. The molecular weight excluding hydrogens is 352 g/mol. The molecule has 2 aliphatic heterocycles. The lowest BCUT2D eigenvalue weighted by atomic mass is 9.98. The molecule has 0 unspecified atom stereocenters. The van der Waals surface area contributed by atoms with Crippen LogP contribution in [0.2, 0.25) is 0 Å². The van der Waals surface area contributed by atoms with Gasteiger partial charge in [-0.2, -0.15) is 17.0 Å². The first-order valence-electron chi connectivity index (χ1n) is 8.76. The Kier molecular flexibility index (Phi) is 4.21. The van der Waals surface area contributed by atoms with Crippen LogP contribution in [0.4, 0.5) is 0 Å². The molecule has 0 radical (unpaired) electrons. The van der Waals surface area contributed by atoms with E-state index in [2.05, 4.69) is 4.98 Å². The molecule has 0 saturated carbocycles. The van der Waals surface area contributed by atoms with Crippen molar-refractivity contribution in [2.75, 3.05) is 14.1 Å². The molecular formula is C18H22N4O3S. The van der Waals surface area contributed by atoms with Crippen molar-refractivity contribution in [3.63, 3.8) is 0 Å². The number of nitrogens with zero attached hydrogens (tertiary/aromatic N) is 3. The maximum Gasteiger partial charge on any atom is 0.281 e. The number of fused-ring (bicyclic) bond motifs is 3. The van der Waals surface area contributed by atoms with Gasteiger partial charge in [-0.3, -0.25) is 4.79 Å². The minimum absolute atomic E-state index is 0.147. The van der Waals surface area contributed by atoms with Gasteiger partial charge in [-0.1, -0.05) is 30.3 Å². The highest BCUT2D eigenvalue weighted by atomic mass is 32.2. The summed E-state index contributed by atoms with van der Waals surface area (Å²) in [6.07, 6.45) is 2.46. The highest BCUT2D eigenvalue weighted by Crippen LogP contribution is 2.35. The van der Waals surface area contributed by atoms with Gasteiger partial charge >= 0.3 is 0 Å². The van der Waals surface area contributed by atoms with Crippen molar-refractivity contribution < 1.29 is 8.42 Å². The Hall–Kier alpha value is -2.03. The number of rotatable bonds is 3. The molecule has 4 rings (SSSR count). The van der Waals surface area contributed by atoms with Crippen molar-refractivity contribution in [1.82, 2.24) is 18.6 Å². The molecule has 1 saturated heterocycles. The normalized spacial score (nSPS) is 23.0. The highest BCUT2D eigenvalue weighted by molar-refractivity contribution is 7.86. The number of aromatic amines is 1. The summed E-state index contributed by atoms with van der Waals surface area (Å²) in [5.41, 5.74) is 2.03. The fourth-order valence-electron chi connectivity index (χ4n) is 4.00. The zero-order chi connectivity index (χ0) is 18.5. The monoisotopic (exact) mass is 374 g/mol. The van der Waals surface area contributed by atoms with E-state index < -0.39 is 10.2 Å². The summed E-state index contributed by atoms with van der Waals surface area (Å²) < 4.78 is 28.4. The molecule has 8 heteroatoms. The first-order chi connectivity index (χ1) is 12.4. The predicted octanol–water partition coefficient (Wildman–Crippen LogP) is 1.17. The second-order valence-corrected chi connectivity index (χ2v) is 9.17. The van der Waals surface area contributed by atoms with Crippen molar-refractivity contribution >= 4 is 10.2 Å². The maximum absolute atomic E-state index is 12.8. The van der Waals surface area contributed by atoms with Gasteiger partial charge in [0, 0.05) is 43.7 Å². The molecule has 1 fully saturated rings. The fraction of sp³-hybridized carbons (Fsp3) is 0.444. The second-order valence-electron chi connectivity index (χ2n) is 7.12. The van der Waals surface area contributed by atoms with E-state index in [1.807, 2.05) is 30.3 Å². The van der Waals surface area contributed by atoms with Gasteiger partial charge in [0.25, 0.3) is 15.8 Å². The van der Waals surface area contributed by atoms with Crippen LogP contribution in [0.1, 0.15) is 24.1 Å². The van der Waals surface area contributed by atoms with E-state index in [1.54, 1.807) is 18.4 Å². The van der Waals surface area contributed by atoms with E-state index in [0.29, 0.717) is 24.2 Å². The summed E-state index contributed by atoms with van der Waals surface area (Å²) in [6, 6.07) is 9.18. The molecule has 26 heavy (non-hydrogen) atoms. The van der Waals surface area contributed by atoms with Crippen LogP contribution in [-0.4, -0.2) is 53.2 Å². The number of nitrogens with one attached hydrogen (secondary N) is 1. The Labute approximate surface area is 152 Å². The molecule has 2 atom stereocenters. The summed E-state index contributed by atoms with van der Waals surface area (Å²) >= 11 is 0. The van der Waals surface area contributed by atoms with Crippen LogP contribution in [0, 0.1) is 0 Å². The van der Waals surface area contributed by atoms with E-state index in [9.17, 15) is 13.2 Å². The summed E-state index contributed by atoms with van der Waals surface area (Å²) in [4.78, 5) is 20.3. The van der Waals surface area contributed by atoms with E-state index in [1.165, 1.54) is 4.31 Å². The van der Waals surface area contributed by atoms with Crippen LogP contribution in [0.5, 0.6) is 0 Å². The largest absolute Gasteiger partial charge is 0.306 e. The van der Waals surface area contributed by atoms with E-state index in [4.69, 9.17) is 4.98 Å². The standard InChI is InChI=1S/C18H22N4O3S/c1-21(2)26(24,25)22-13-8-9-14(22)11-16-15(10-13)18(23)20-17(19-16)12-6-4-3-5-7-12/h3-7,13-14H,8-11H2,1-2H3,(H,19,20,23)/t13-,14+/m1/s1. The number of hydrogen-bond donors (Lipinski definition) is 1. The molecule has 1 aromatic heterocycles. The first-order valence-corrected chi connectivity index (χ1v) is 10.2. The summed E-state index contributed by atoms with van der Waals surface area (Å²) in [6.45, 7) is 0. The minimum Gasteiger partial charge on any atom is -0.306 e. The highest BCUT2D eigenvalue weighted by Gasteiger charge is 2.45. The smallest absolute Gasteiger partial charge is 0.281 e. The van der Waals surface area contributed by atoms with Crippen molar-refractivity contribution in [3.8, 4) is 11.4 Å². The lowest BCUT2D eigenvalue weighted by Crippen LogP contribution is -2.47. The van der Waals surface area contributed by atoms with Crippen LogP contribution in [0.15, 0.2) is 35.1 Å². The second kappa shape index (κ2) is 6.29. The first kappa shape index (κ1) is 17.4. The average Bonchev–Trinajstić information content (AvgIpc) is 2.91. The molecule has 0 aliphatic carbocycles. The Balaban J connectivity index is 1.78. The van der Waals surface area contributed by atoms with Crippen molar-refractivity contribution in [3.05, 3.63) is 51.9 Å². The van der Waals surface area contributed by atoms with Crippen LogP contribution in [-0.2, 0) is 23.1 Å². The Bertz CT molecular complexity index is 985. The van der Waals surface area contributed by atoms with Crippen molar-refractivity contribution in [2.45, 2.75) is 37.8 Å². The van der Waals surface area contributed by atoms with Gasteiger partial charge in [-0.05, 0) is 19.3 Å². The predicted molar refractivity (Wildman–Crippen MR) is 99.0 cm³/mol. The zero-order valence-corrected chi connectivity index (χ0v) is 15.7. The van der Waals surface area contributed by atoms with Crippen LogP contribution >= 0.6 is 0 Å². The van der Waals surface area contributed by atoms with Gasteiger partial charge in [-0.25, -0.2) is 4.98 Å². The van der Waals surface area contributed by atoms with Crippen molar-refractivity contribution in [1.29, 1.82) is 0 Å². The lowest BCUT2D eigenvalue weighted by Gasteiger charge is -2.29. The molecule has 0 amide bonds. The van der Waals surface area contributed by atoms with Crippen molar-refractivity contribution in [2.24, 2.45) is 0 Å². The Morgan fingerprint density at radius 1 is 1.12 bits per heavy atom. The molecule has 2 aliphatic rings. The topological polar surface area (TPSA) is 86.4 Å². The minimum atomic E-state index is -3.53. The quantitative estimate of drug-likeness (QED) is 0.874. The molecule has 3 heterocycles. The van der Waals surface area contributed by atoms with Gasteiger partial charge in [0.05, 0.1) is 5.69 Å². The molecule has 1 N–H and O–H groups in total. The number of aromatic nitrogens is 2. The molecule has 1 aromatic carbocycles. The third-order valence-electron chi connectivity index (χ3n) is 5.30. The number of H-pyrrole nitrogens is 1. The number of benzene rings is 1. The Morgan fingerprint density at radius 2 is 1.77 bits per heavy atom. The van der Waals surface area contributed by atoms with E-state index in [-0.39, 0.29) is 17.6 Å². The zero-order valence-electron chi connectivity index (χ0n) is 14.8. The molecule has 2 aromatic rings. The maximum atomic E-state index is 12.8. The van der Waals surface area contributed by atoms with Gasteiger partial charge in [0.1, 0.15) is 5.82 Å². The van der Waals surface area contributed by atoms with Gasteiger partial charge in [0.15, 0.2) is 0 Å². The third-order valence-corrected chi connectivity index (χ3v) is 7.35. The van der Waals surface area contributed by atoms with Crippen LogP contribution in [0.3, 0.4) is 0 Å². The average molecular weight is 374 g/mol. The number of hydrogen-bond acceptors (Lipinski definition) is 4. The molecule has 7 nitrogen and oxygen atoms in total. The van der Waals surface area contributed by atoms with Crippen LogP contribution < -0.4 is 5.56 Å². The fourth-order valence-corrected chi connectivity index (χ4v) is 5.49. The summed E-state index contributed by atoms with van der Waals surface area (Å²) in [7, 11) is -0.431. The third kappa shape index (κ3) is 2.78. The Morgan fingerprint density at radius 3 is 2.42 bits per heavy atom. The summed E-state index contributed by atoms with van der Waals surface area (Å²) in [5, 5.41) is 0. The molecule has 2 bridgehead atoms. The van der Waals surface area contributed by atoms with Gasteiger partial charge in [0.2, 0.25) is 0 Å². The van der Waals surface area contributed by atoms with Gasteiger partial charge < -0.3 is 4.98 Å².